The summed E-state index contributed by atoms with van der Waals surface area (Å²) in [5, 5.41) is 16.8. The zero-order valence-electron chi connectivity index (χ0n) is 15.3. The molecule has 0 bridgehead atoms. The number of carbonyl (C=O) groups excluding carboxylic acids is 2. The van der Waals surface area contributed by atoms with Crippen molar-refractivity contribution in [2.75, 3.05) is 10.6 Å². The number of nitrogens with one attached hydrogen (secondary N) is 2. The Hall–Kier alpha value is -3.20. The van der Waals surface area contributed by atoms with Crippen LogP contribution in [0.15, 0.2) is 47.4 Å². The van der Waals surface area contributed by atoms with Crippen molar-refractivity contribution >= 4 is 35.0 Å². The van der Waals surface area contributed by atoms with E-state index in [-0.39, 0.29) is 18.2 Å². The van der Waals surface area contributed by atoms with Gasteiger partial charge in [-0.15, -0.1) is 16.9 Å². The lowest BCUT2D eigenvalue weighted by atomic mass is 10.1. The van der Waals surface area contributed by atoms with Crippen molar-refractivity contribution in [1.82, 2.24) is 20.2 Å². The Morgan fingerprint density at radius 2 is 2.07 bits per heavy atom. The minimum atomic E-state index is -0.471. The van der Waals surface area contributed by atoms with Gasteiger partial charge in [-0.2, -0.15) is 4.68 Å². The summed E-state index contributed by atoms with van der Waals surface area (Å²) in [6.45, 7) is 3.75. The van der Waals surface area contributed by atoms with Gasteiger partial charge in [0.2, 0.25) is 11.8 Å². The van der Waals surface area contributed by atoms with Crippen molar-refractivity contribution < 1.29 is 9.59 Å². The summed E-state index contributed by atoms with van der Waals surface area (Å²) in [5.41, 5.74) is 3.18. The average molecular weight is 394 g/mol. The van der Waals surface area contributed by atoms with Crippen molar-refractivity contribution in [3.63, 3.8) is 0 Å². The number of rotatable bonds is 4. The zero-order valence-corrected chi connectivity index (χ0v) is 16.2. The van der Waals surface area contributed by atoms with Gasteiger partial charge < -0.3 is 10.6 Å². The Bertz CT molecular complexity index is 1060. The normalized spacial score (nSPS) is 15.6. The molecule has 0 fully saturated rings. The Labute approximate surface area is 165 Å². The smallest absolute Gasteiger partial charge is 0.238 e. The van der Waals surface area contributed by atoms with Crippen LogP contribution in [-0.4, -0.2) is 37.3 Å². The molecule has 0 spiro atoms. The molecule has 142 valence electrons. The number of aromatic nitrogens is 4. The zero-order chi connectivity index (χ0) is 19.7. The second-order valence-electron chi connectivity index (χ2n) is 6.48. The van der Waals surface area contributed by atoms with Crippen LogP contribution < -0.4 is 10.6 Å². The van der Waals surface area contributed by atoms with Gasteiger partial charge in [-0.1, -0.05) is 18.2 Å². The third-order valence-corrected chi connectivity index (χ3v) is 5.70. The Morgan fingerprint density at radius 1 is 1.25 bits per heavy atom. The predicted molar refractivity (Wildman–Crippen MR) is 107 cm³/mol. The topological polar surface area (TPSA) is 102 Å². The van der Waals surface area contributed by atoms with Crippen molar-refractivity contribution in [3.8, 4) is 5.69 Å². The van der Waals surface area contributed by atoms with Crippen LogP contribution in [0.1, 0.15) is 17.8 Å². The summed E-state index contributed by atoms with van der Waals surface area (Å²) < 4.78 is 1.62. The molecule has 3 aromatic rings. The van der Waals surface area contributed by atoms with Crippen molar-refractivity contribution in [2.24, 2.45) is 0 Å². The first-order valence-corrected chi connectivity index (χ1v) is 9.61. The lowest BCUT2D eigenvalue weighted by molar-refractivity contribution is -0.120. The summed E-state index contributed by atoms with van der Waals surface area (Å²) in [7, 11) is 0. The van der Waals surface area contributed by atoms with Crippen LogP contribution in [0.3, 0.4) is 0 Å². The highest BCUT2D eigenvalue weighted by molar-refractivity contribution is 8.01. The van der Waals surface area contributed by atoms with E-state index in [0.717, 1.165) is 21.8 Å². The molecular weight excluding hydrogens is 376 g/mol. The first-order chi connectivity index (χ1) is 13.5. The van der Waals surface area contributed by atoms with Gasteiger partial charge in [0.15, 0.2) is 5.82 Å². The molecule has 1 unspecified atom stereocenters. The van der Waals surface area contributed by atoms with E-state index in [4.69, 9.17) is 0 Å². The summed E-state index contributed by atoms with van der Waals surface area (Å²) in [6.07, 6.45) is 0.0813. The number of aryl methyl sites for hydroxylation is 2. The third-order valence-electron chi connectivity index (χ3n) is 4.42. The maximum Gasteiger partial charge on any atom is 0.238 e. The number of carbonyl (C=O) groups is 2. The number of hydrogen-bond acceptors (Lipinski definition) is 6. The lowest BCUT2D eigenvalue weighted by Crippen LogP contribution is -2.32. The van der Waals surface area contributed by atoms with E-state index in [2.05, 4.69) is 26.2 Å². The van der Waals surface area contributed by atoms with E-state index in [1.807, 2.05) is 49.4 Å². The molecule has 1 aliphatic rings. The number of nitrogens with zero attached hydrogens (tertiary/aromatic N) is 4. The summed E-state index contributed by atoms with van der Waals surface area (Å²) in [6, 6.07) is 13.1. The van der Waals surface area contributed by atoms with Crippen LogP contribution in [0.25, 0.3) is 5.69 Å². The van der Waals surface area contributed by atoms with E-state index in [0.29, 0.717) is 11.5 Å². The predicted octanol–water partition coefficient (Wildman–Crippen LogP) is 2.72. The first kappa shape index (κ1) is 18.2. The summed E-state index contributed by atoms with van der Waals surface area (Å²) in [5.74, 6) is 0.267. The van der Waals surface area contributed by atoms with E-state index in [1.54, 1.807) is 11.6 Å². The molecule has 0 saturated carbocycles. The number of anilines is 2. The largest absolute Gasteiger partial charge is 0.326 e. The molecule has 4 rings (SSSR count). The van der Waals surface area contributed by atoms with Crippen molar-refractivity contribution in [1.29, 1.82) is 0 Å². The van der Waals surface area contributed by atoms with Crippen LogP contribution in [0.2, 0.25) is 0 Å². The second kappa shape index (κ2) is 7.43. The average Bonchev–Trinajstić information content (AvgIpc) is 3.09. The minimum absolute atomic E-state index is 0.0813. The monoisotopic (exact) mass is 394 g/mol. The molecule has 1 aromatic heterocycles. The maximum atomic E-state index is 12.5. The molecule has 8 nitrogen and oxygen atoms in total. The highest BCUT2D eigenvalue weighted by Gasteiger charge is 2.28. The summed E-state index contributed by atoms with van der Waals surface area (Å²) in [4.78, 5) is 25.8. The van der Waals surface area contributed by atoms with Crippen LogP contribution in [0, 0.1) is 13.8 Å². The fourth-order valence-electron chi connectivity index (χ4n) is 2.98. The Balaban J connectivity index is 1.47. The van der Waals surface area contributed by atoms with E-state index in [1.165, 1.54) is 11.8 Å². The molecule has 2 N–H and O–H groups in total. The fourth-order valence-corrected chi connectivity index (χ4v) is 4.09. The standard InChI is InChI=1S/C19H18N6O2S/c1-11-7-8-13(9-15(11)25-12(2)22-23-24-25)20-18(26)10-17-19(27)21-14-5-3-4-6-16(14)28-17/h3-9,17H,10H2,1-2H3,(H,20,26)(H,21,27). The van der Waals surface area contributed by atoms with E-state index < -0.39 is 5.25 Å². The Morgan fingerprint density at radius 3 is 2.86 bits per heavy atom. The fraction of sp³-hybridized carbons (Fsp3) is 0.211. The lowest BCUT2D eigenvalue weighted by Gasteiger charge is -2.23. The van der Waals surface area contributed by atoms with E-state index in [9.17, 15) is 9.59 Å². The van der Waals surface area contributed by atoms with Gasteiger partial charge in [-0.25, -0.2) is 0 Å². The molecule has 1 aliphatic heterocycles. The number of tetrazole rings is 1. The van der Waals surface area contributed by atoms with Gasteiger partial charge in [0.25, 0.3) is 0 Å². The molecular formula is C19H18N6O2S. The van der Waals surface area contributed by atoms with Crippen molar-refractivity contribution in [2.45, 2.75) is 30.4 Å². The molecule has 9 heteroatoms. The minimum Gasteiger partial charge on any atom is -0.326 e. The third kappa shape index (κ3) is 3.61. The van der Waals surface area contributed by atoms with Crippen LogP contribution >= 0.6 is 11.8 Å². The molecule has 2 amide bonds. The number of benzene rings is 2. The van der Waals surface area contributed by atoms with E-state index >= 15 is 0 Å². The molecule has 0 aliphatic carbocycles. The maximum absolute atomic E-state index is 12.5. The first-order valence-electron chi connectivity index (χ1n) is 8.73. The quantitative estimate of drug-likeness (QED) is 0.705. The second-order valence-corrected chi connectivity index (χ2v) is 7.73. The van der Waals surface area contributed by atoms with Crippen molar-refractivity contribution in [3.05, 3.63) is 53.9 Å². The highest BCUT2D eigenvalue weighted by atomic mass is 32.2. The molecule has 28 heavy (non-hydrogen) atoms. The van der Waals surface area contributed by atoms with Gasteiger partial charge in [0, 0.05) is 17.0 Å². The van der Waals surface area contributed by atoms with Gasteiger partial charge in [-0.3, -0.25) is 9.59 Å². The van der Waals surface area contributed by atoms with Crippen LogP contribution in [-0.2, 0) is 9.59 Å². The number of fused-ring (bicyclic) bond motifs is 1. The number of hydrogen-bond donors (Lipinski definition) is 2. The molecule has 0 saturated heterocycles. The molecule has 0 radical (unpaired) electrons. The number of amides is 2. The molecule has 1 atom stereocenters. The highest BCUT2D eigenvalue weighted by Crippen LogP contribution is 2.36. The Kier molecular flexibility index (Phi) is 4.82. The molecule has 2 heterocycles. The van der Waals surface area contributed by atoms with Gasteiger partial charge in [0.05, 0.1) is 16.6 Å². The van der Waals surface area contributed by atoms with Crippen LogP contribution in [0.5, 0.6) is 0 Å². The number of thioether (sulfide) groups is 1. The van der Waals surface area contributed by atoms with Crippen LogP contribution in [0.4, 0.5) is 11.4 Å². The summed E-state index contributed by atoms with van der Waals surface area (Å²) >= 11 is 1.41. The SMILES string of the molecule is Cc1ccc(NC(=O)CC2Sc3ccccc3NC2=O)cc1-n1nnnc1C. The van der Waals surface area contributed by atoms with Gasteiger partial charge >= 0.3 is 0 Å². The molecule has 2 aromatic carbocycles. The van der Waals surface area contributed by atoms with Gasteiger partial charge in [0.1, 0.15) is 0 Å². The van der Waals surface area contributed by atoms with Gasteiger partial charge in [-0.05, 0) is 54.1 Å². The number of para-hydroxylation sites is 1.